The van der Waals surface area contributed by atoms with Crippen LogP contribution in [-0.2, 0) is 0 Å². The van der Waals surface area contributed by atoms with Gasteiger partial charge in [0.15, 0.2) is 0 Å². The molecule has 1 aromatic rings. The van der Waals surface area contributed by atoms with Crippen LogP contribution in [0.2, 0.25) is 0 Å². The first-order chi connectivity index (χ1) is 7.22. The van der Waals surface area contributed by atoms with Crippen molar-refractivity contribution in [3.8, 4) is 5.75 Å². The molecule has 1 aliphatic heterocycles. The fraction of sp³-hybridized carbons (Fsp3) is 0.364. The molecule has 0 radical (unpaired) electrons. The first-order valence-corrected chi connectivity index (χ1v) is 4.82. The number of aliphatic hydroxyl groups excluding tert-OH is 1. The molecule has 1 fully saturated rings. The van der Waals surface area contributed by atoms with Crippen LogP contribution in [0.5, 0.6) is 5.75 Å². The second kappa shape index (κ2) is 3.90. The molecule has 15 heavy (non-hydrogen) atoms. The van der Waals surface area contributed by atoms with Crippen molar-refractivity contribution in [1.29, 1.82) is 0 Å². The lowest BCUT2D eigenvalue weighted by Crippen LogP contribution is -2.53. The number of carbonyl (C=O) groups is 1. The zero-order valence-corrected chi connectivity index (χ0v) is 8.51. The zero-order valence-electron chi connectivity index (χ0n) is 8.51. The third-order valence-electron chi connectivity index (χ3n) is 2.49. The number of nitrogens with zero attached hydrogens (tertiary/aromatic N) is 1. The van der Waals surface area contributed by atoms with Gasteiger partial charge in [-0.2, -0.15) is 0 Å². The van der Waals surface area contributed by atoms with Crippen LogP contribution in [0.3, 0.4) is 0 Å². The lowest BCUT2D eigenvalue weighted by Gasteiger charge is -2.36. The monoisotopic (exact) mass is 207 g/mol. The van der Waals surface area contributed by atoms with Crippen LogP contribution in [-0.4, -0.2) is 42.2 Å². The van der Waals surface area contributed by atoms with E-state index in [1.165, 1.54) is 7.11 Å². The van der Waals surface area contributed by atoms with E-state index in [2.05, 4.69) is 0 Å². The van der Waals surface area contributed by atoms with E-state index in [-0.39, 0.29) is 12.0 Å². The summed E-state index contributed by atoms with van der Waals surface area (Å²) in [5, 5.41) is 9.12. The van der Waals surface area contributed by atoms with Gasteiger partial charge in [0, 0.05) is 13.1 Å². The van der Waals surface area contributed by atoms with Gasteiger partial charge in [0.1, 0.15) is 5.75 Å². The molecule has 0 bridgehead atoms. The largest absolute Gasteiger partial charge is 0.496 e. The smallest absolute Gasteiger partial charge is 0.257 e. The Kier molecular flexibility index (Phi) is 2.60. The first-order valence-electron chi connectivity index (χ1n) is 4.82. The Morgan fingerprint density at radius 1 is 1.47 bits per heavy atom. The van der Waals surface area contributed by atoms with Gasteiger partial charge in [-0.1, -0.05) is 12.1 Å². The van der Waals surface area contributed by atoms with Gasteiger partial charge < -0.3 is 14.7 Å². The van der Waals surface area contributed by atoms with Crippen LogP contribution in [0.15, 0.2) is 24.3 Å². The number of methoxy groups -OCH3 is 1. The first kappa shape index (κ1) is 9.98. The summed E-state index contributed by atoms with van der Waals surface area (Å²) in [4.78, 5) is 13.5. The molecule has 0 aliphatic carbocycles. The SMILES string of the molecule is COc1ccccc1C(=O)N1CC(O)C1. The highest BCUT2D eigenvalue weighted by Gasteiger charge is 2.30. The maximum atomic E-state index is 11.9. The average molecular weight is 207 g/mol. The van der Waals surface area contributed by atoms with Crippen LogP contribution < -0.4 is 4.74 Å². The Morgan fingerprint density at radius 3 is 2.73 bits per heavy atom. The molecule has 4 nitrogen and oxygen atoms in total. The summed E-state index contributed by atoms with van der Waals surface area (Å²) in [5.41, 5.74) is 0.548. The molecular weight excluding hydrogens is 194 g/mol. The number of likely N-dealkylation sites (tertiary alicyclic amines) is 1. The highest BCUT2D eigenvalue weighted by molar-refractivity contribution is 5.97. The third kappa shape index (κ3) is 1.80. The van der Waals surface area contributed by atoms with E-state index in [0.717, 1.165) is 0 Å². The fourth-order valence-corrected chi connectivity index (χ4v) is 1.61. The average Bonchev–Trinajstić information content (AvgIpc) is 2.24. The van der Waals surface area contributed by atoms with Crippen LogP contribution in [0.25, 0.3) is 0 Å². The standard InChI is InChI=1S/C11H13NO3/c1-15-10-5-3-2-4-9(10)11(14)12-6-8(13)7-12/h2-5,8,13H,6-7H2,1H3. The van der Waals surface area contributed by atoms with Gasteiger partial charge in [-0.05, 0) is 12.1 Å². The molecule has 1 amide bonds. The molecular formula is C11H13NO3. The van der Waals surface area contributed by atoms with Crippen molar-refractivity contribution in [3.05, 3.63) is 29.8 Å². The Labute approximate surface area is 88.1 Å². The number of hydrogen-bond donors (Lipinski definition) is 1. The maximum absolute atomic E-state index is 11.9. The predicted molar refractivity (Wildman–Crippen MR) is 54.9 cm³/mol. The minimum absolute atomic E-state index is 0.0854. The molecule has 1 N–H and O–H groups in total. The van der Waals surface area contributed by atoms with Gasteiger partial charge in [0.25, 0.3) is 5.91 Å². The fourth-order valence-electron chi connectivity index (χ4n) is 1.61. The molecule has 2 rings (SSSR count). The van der Waals surface area contributed by atoms with Gasteiger partial charge >= 0.3 is 0 Å². The number of benzene rings is 1. The predicted octanol–water partition coefficient (Wildman–Crippen LogP) is 0.512. The van der Waals surface area contributed by atoms with E-state index in [9.17, 15) is 4.79 Å². The van der Waals surface area contributed by atoms with Crippen molar-refractivity contribution in [2.24, 2.45) is 0 Å². The van der Waals surface area contributed by atoms with Crippen molar-refractivity contribution in [1.82, 2.24) is 4.90 Å². The number of carbonyl (C=O) groups excluding carboxylic acids is 1. The minimum Gasteiger partial charge on any atom is -0.496 e. The highest BCUT2D eigenvalue weighted by atomic mass is 16.5. The van der Waals surface area contributed by atoms with Gasteiger partial charge in [0.05, 0.1) is 18.8 Å². The van der Waals surface area contributed by atoms with Gasteiger partial charge in [-0.15, -0.1) is 0 Å². The third-order valence-corrected chi connectivity index (χ3v) is 2.49. The van der Waals surface area contributed by atoms with E-state index in [1.54, 1.807) is 23.1 Å². The van der Waals surface area contributed by atoms with Gasteiger partial charge in [0.2, 0.25) is 0 Å². The van der Waals surface area contributed by atoms with Crippen molar-refractivity contribution in [2.45, 2.75) is 6.10 Å². The maximum Gasteiger partial charge on any atom is 0.257 e. The van der Waals surface area contributed by atoms with Crippen molar-refractivity contribution in [2.75, 3.05) is 20.2 Å². The van der Waals surface area contributed by atoms with Crippen LogP contribution in [0.1, 0.15) is 10.4 Å². The second-order valence-corrected chi connectivity index (χ2v) is 3.56. The molecule has 80 valence electrons. The van der Waals surface area contributed by atoms with E-state index < -0.39 is 0 Å². The number of hydrogen-bond acceptors (Lipinski definition) is 3. The molecule has 0 saturated carbocycles. The van der Waals surface area contributed by atoms with E-state index >= 15 is 0 Å². The topological polar surface area (TPSA) is 49.8 Å². The van der Waals surface area contributed by atoms with Gasteiger partial charge in [-0.25, -0.2) is 0 Å². The summed E-state index contributed by atoms with van der Waals surface area (Å²) in [6, 6.07) is 7.10. The van der Waals surface area contributed by atoms with E-state index in [4.69, 9.17) is 9.84 Å². The number of para-hydroxylation sites is 1. The quantitative estimate of drug-likeness (QED) is 0.768. The molecule has 1 aromatic carbocycles. The Hall–Kier alpha value is -1.55. The molecule has 0 spiro atoms. The summed E-state index contributed by atoms with van der Waals surface area (Å²) >= 11 is 0. The number of β-amino-alcohol motifs (C(OH)–C–C–N with tert-alkyl or cyclic N) is 1. The summed E-state index contributed by atoms with van der Waals surface area (Å²) in [6.07, 6.45) is -0.372. The lowest BCUT2D eigenvalue weighted by atomic mass is 10.1. The molecule has 1 heterocycles. The molecule has 0 unspecified atom stereocenters. The second-order valence-electron chi connectivity index (χ2n) is 3.56. The normalized spacial score (nSPS) is 16.0. The molecule has 4 heteroatoms. The Bertz CT molecular complexity index is 372. The van der Waals surface area contributed by atoms with E-state index in [0.29, 0.717) is 24.4 Å². The van der Waals surface area contributed by atoms with E-state index in [1.807, 2.05) is 6.07 Å². The molecule has 1 aliphatic rings. The van der Waals surface area contributed by atoms with Crippen molar-refractivity contribution < 1.29 is 14.6 Å². The van der Waals surface area contributed by atoms with Crippen molar-refractivity contribution >= 4 is 5.91 Å². The summed E-state index contributed by atoms with van der Waals surface area (Å²) < 4.78 is 5.10. The molecule has 0 atom stereocenters. The van der Waals surface area contributed by atoms with Crippen LogP contribution in [0, 0.1) is 0 Å². The number of aliphatic hydroxyl groups is 1. The number of amides is 1. The van der Waals surface area contributed by atoms with Crippen LogP contribution in [0.4, 0.5) is 0 Å². The molecule has 0 aromatic heterocycles. The number of ether oxygens (including phenoxy) is 1. The minimum atomic E-state index is -0.372. The van der Waals surface area contributed by atoms with Gasteiger partial charge in [-0.3, -0.25) is 4.79 Å². The van der Waals surface area contributed by atoms with Crippen molar-refractivity contribution in [3.63, 3.8) is 0 Å². The number of rotatable bonds is 2. The zero-order chi connectivity index (χ0) is 10.8. The molecule has 1 saturated heterocycles. The lowest BCUT2D eigenvalue weighted by molar-refractivity contribution is 0.00570. The Morgan fingerprint density at radius 2 is 2.13 bits per heavy atom. The Balaban J connectivity index is 2.18. The summed E-state index contributed by atoms with van der Waals surface area (Å²) in [6.45, 7) is 0.827. The summed E-state index contributed by atoms with van der Waals surface area (Å²) in [5.74, 6) is 0.488. The summed E-state index contributed by atoms with van der Waals surface area (Å²) in [7, 11) is 1.54. The highest BCUT2D eigenvalue weighted by Crippen LogP contribution is 2.21. The van der Waals surface area contributed by atoms with Crippen LogP contribution >= 0.6 is 0 Å².